The molecule has 0 spiro atoms. The van der Waals surface area contributed by atoms with Crippen LogP contribution in [-0.4, -0.2) is 17.5 Å². The Morgan fingerprint density at radius 3 is 1.86 bits per heavy atom. The Morgan fingerprint density at radius 2 is 1.25 bits per heavy atom. The van der Waals surface area contributed by atoms with Crippen molar-refractivity contribution in [1.29, 1.82) is 0 Å². The Balaban J connectivity index is 1.72. The molecule has 1 amide bonds. The number of amides is 1. The van der Waals surface area contributed by atoms with E-state index in [-0.39, 0.29) is 5.78 Å². The Bertz CT molecular complexity index is 1530. The van der Waals surface area contributed by atoms with Gasteiger partial charge in [0.05, 0.1) is 0 Å². The quantitative estimate of drug-likeness (QED) is 0.212. The predicted octanol–water partition coefficient (Wildman–Crippen LogP) is 5.77. The summed E-state index contributed by atoms with van der Waals surface area (Å²) in [5, 5.41) is 0. The molecule has 1 aliphatic carbocycles. The van der Waals surface area contributed by atoms with Gasteiger partial charge in [0, 0.05) is 11.3 Å². The fraction of sp³-hybridized carbons (Fsp3) is 0.0938. The van der Waals surface area contributed by atoms with E-state index in [9.17, 15) is 14.4 Å². The maximum absolute atomic E-state index is 14.3. The number of hydrogen-bond donors (Lipinski definition) is 0. The molecule has 1 fully saturated rings. The zero-order valence-electron chi connectivity index (χ0n) is 19.7. The van der Waals surface area contributed by atoms with Gasteiger partial charge in [-0.1, -0.05) is 115 Å². The third kappa shape index (κ3) is 2.73. The molecule has 4 aromatic carbocycles. The van der Waals surface area contributed by atoms with Crippen LogP contribution in [0.3, 0.4) is 0 Å². The smallest absolute Gasteiger partial charge is 0.293 e. The summed E-state index contributed by atoms with van der Waals surface area (Å²) in [5.74, 6) is -1.77. The molecule has 0 N–H and O–H groups in total. The second-order valence-corrected chi connectivity index (χ2v) is 9.31. The van der Waals surface area contributed by atoms with Crippen LogP contribution in [0.4, 0.5) is 5.69 Å². The number of anilines is 1. The van der Waals surface area contributed by atoms with Gasteiger partial charge in [0.2, 0.25) is 5.78 Å². The average molecular weight is 470 g/mol. The van der Waals surface area contributed by atoms with Gasteiger partial charge in [-0.3, -0.25) is 19.3 Å². The van der Waals surface area contributed by atoms with E-state index in [1.165, 1.54) is 0 Å². The first kappa shape index (κ1) is 21.9. The number of carbonyl (C=O) groups excluding carboxylic acids is 3. The van der Waals surface area contributed by atoms with Crippen LogP contribution >= 0.6 is 0 Å². The van der Waals surface area contributed by atoms with E-state index < -0.39 is 22.6 Å². The Hall–Kier alpha value is -4.57. The molecule has 1 heterocycles. The monoisotopic (exact) mass is 469 g/mol. The number of benzene rings is 4. The number of aryl methyl sites for hydroxylation is 1. The Kier molecular flexibility index (Phi) is 4.87. The van der Waals surface area contributed by atoms with Gasteiger partial charge in [-0.15, -0.1) is 0 Å². The molecule has 4 nitrogen and oxygen atoms in total. The van der Waals surface area contributed by atoms with Crippen LogP contribution in [0.25, 0.3) is 5.57 Å². The van der Waals surface area contributed by atoms with Crippen molar-refractivity contribution in [3.63, 3.8) is 0 Å². The summed E-state index contributed by atoms with van der Waals surface area (Å²) in [6, 6.07) is 35.4. The zero-order valence-corrected chi connectivity index (χ0v) is 19.7. The Morgan fingerprint density at radius 1 is 0.694 bits per heavy atom. The highest BCUT2D eigenvalue weighted by molar-refractivity contribution is 6.54. The highest BCUT2D eigenvalue weighted by Crippen LogP contribution is 2.68. The van der Waals surface area contributed by atoms with Crippen molar-refractivity contribution >= 4 is 28.7 Å². The SMILES string of the molecule is Cc1ccc(N2C(=O)C(=O)[C@@]3(C(=O)c4ccccc4)C=C(c4ccccc4)[C@@]23c2ccccc2)cc1. The summed E-state index contributed by atoms with van der Waals surface area (Å²) in [4.78, 5) is 43.9. The number of Topliss-reactive ketones (excluding diaryl/α,β-unsaturated/α-hetero) is 2. The van der Waals surface area contributed by atoms with Crippen molar-refractivity contribution in [2.45, 2.75) is 12.5 Å². The lowest BCUT2D eigenvalue weighted by Gasteiger charge is -2.54. The molecular formula is C32H23NO3. The second kappa shape index (κ2) is 7.99. The molecule has 1 saturated heterocycles. The van der Waals surface area contributed by atoms with E-state index in [0.717, 1.165) is 22.3 Å². The molecule has 2 atom stereocenters. The number of carbonyl (C=O) groups is 3. The molecule has 174 valence electrons. The fourth-order valence-electron chi connectivity index (χ4n) is 5.77. The van der Waals surface area contributed by atoms with E-state index in [0.29, 0.717) is 11.3 Å². The molecule has 36 heavy (non-hydrogen) atoms. The van der Waals surface area contributed by atoms with E-state index in [1.54, 1.807) is 35.2 Å². The molecule has 0 saturated carbocycles. The molecule has 4 heteroatoms. The summed E-state index contributed by atoms with van der Waals surface area (Å²) in [7, 11) is 0. The van der Waals surface area contributed by atoms with E-state index in [4.69, 9.17) is 0 Å². The number of fused-ring (bicyclic) bond motifs is 1. The van der Waals surface area contributed by atoms with Crippen molar-refractivity contribution < 1.29 is 14.4 Å². The predicted molar refractivity (Wildman–Crippen MR) is 139 cm³/mol. The van der Waals surface area contributed by atoms with Crippen LogP contribution in [0.1, 0.15) is 27.0 Å². The highest BCUT2D eigenvalue weighted by Gasteiger charge is 2.78. The third-order valence-electron chi connectivity index (χ3n) is 7.37. The minimum atomic E-state index is -1.69. The van der Waals surface area contributed by atoms with Crippen LogP contribution in [0.15, 0.2) is 121 Å². The third-order valence-corrected chi connectivity index (χ3v) is 7.37. The van der Waals surface area contributed by atoms with Crippen LogP contribution in [0.5, 0.6) is 0 Å². The first-order chi connectivity index (χ1) is 17.5. The molecular weight excluding hydrogens is 446 g/mol. The molecule has 2 aliphatic rings. The van der Waals surface area contributed by atoms with Crippen molar-refractivity contribution in [1.82, 2.24) is 0 Å². The van der Waals surface area contributed by atoms with Crippen LogP contribution in [-0.2, 0) is 15.1 Å². The lowest BCUT2D eigenvalue weighted by molar-refractivity contribution is -0.136. The van der Waals surface area contributed by atoms with Gasteiger partial charge in [0.15, 0.2) is 11.2 Å². The molecule has 0 unspecified atom stereocenters. The highest BCUT2D eigenvalue weighted by atomic mass is 16.2. The summed E-state index contributed by atoms with van der Waals surface area (Å²) in [5.41, 5.74) is 1.32. The Labute approximate surface area is 209 Å². The first-order valence-electron chi connectivity index (χ1n) is 11.9. The number of hydrogen-bond acceptors (Lipinski definition) is 3. The van der Waals surface area contributed by atoms with Gasteiger partial charge >= 0.3 is 0 Å². The van der Waals surface area contributed by atoms with Crippen molar-refractivity contribution in [3.8, 4) is 0 Å². The summed E-state index contributed by atoms with van der Waals surface area (Å²) in [6.07, 6.45) is 1.72. The average Bonchev–Trinajstić information content (AvgIpc) is 3.06. The van der Waals surface area contributed by atoms with Crippen LogP contribution in [0.2, 0.25) is 0 Å². The van der Waals surface area contributed by atoms with Gasteiger partial charge in [-0.25, -0.2) is 0 Å². The summed E-state index contributed by atoms with van der Waals surface area (Å²) < 4.78 is 0. The van der Waals surface area contributed by atoms with E-state index in [2.05, 4.69) is 0 Å². The normalized spacial score (nSPS) is 22.6. The van der Waals surface area contributed by atoms with Crippen molar-refractivity contribution in [2.75, 3.05) is 4.90 Å². The molecule has 0 bridgehead atoms. The van der Waals surface area contributed by atoms with Gasteiger partial charge in [0.25, 0.3) is 5.91 Å². The maximum Gasteiger partial charge on any atom is 0.297 e. The summed E-state index contributed by atoms with van der Waals surface area (Å²) >= 11 is 0. The maximum atomic E-state index is 14.3. The molecule has 0 aromatic heterocycles. The fourth-order valence-corrected chi connectivity index (χ4v) is 5.77. The number of ketones is 2. The molecule has 4 aromatic rings. The van der Waals surface area contributed by atoms with Crippen LogP contribution < -0.4 is 4.90 Å². The van der Waals surface area contributed by atoms with Gasteiger partial charge < -0.3 is 0 Å². The zero-order chi connectivity index (χ0) is 24.9. The minimum absolute atomic E-state index is 0.375. The van der Waals surface area contributed by atoms with Gasteiger partial charge in [-0.2, -0.15) is 0 Å². The van der Waals surface area contributed by atoms with Gasteiger partial charge in [-0.05, 0) is 35.8 Å². The molecule has 1 aliphatic heterocycles. The van der Waals surface area contributed by atoms with E-state index in [1.807, 2.05) is 97.9 Å². The molecule has 0 radical (unpaired) electrons. The van der Waals surface area contributed by atoms with Crippen molar-refractivity contribution in [2.24, 2.45) is 5.41 Å². The largest absolute Gasteiger partial charge is 0.297 e. The number of nitrogens with zero attached hydrogens (tertiary/aromatic N) is 1. The summed E-state index contributed by atoms with van der Waals surface area (Å²) in [6.45, 7) is 1.97. The topological polar surface area (TPSA) is 54.5 Å². The van der Waals surface area contributed by atoms with Gasteiger partial charge in [0.1, 0.15) is 5.54 Å². The molecule has 6 rings (SSSR count). The second-order valence-electron chi connectivity index (χ2n) is 9.31. The first-order valence-corrected chi connectivity index (χ1v) is 11.9. The standard InChI is InChI=1S/C32H23NO3/c1-22-17-19-26(20-18-22)33-30(36)29(35)31(28(34)24-13-7-3-8-14-24)21-27(23-11-5-2-6-12-23)32(31,33)25-15-9-4-10-16-25/h2-21H,1H3/t31-,32+/m0/s1. The van der Waals surface area contributed by atoms with E-state index >= 15 is 0 Å². The lowest BCUT2D eigenvalue weighted by atomic mass is 9.50. The minimum Gasteiger partial charge on any atom is -0.293 e. The van der Waals surface area contributed by atoms with Crippen LogP contribution in [0, 0.1) is 12.3 Å². The van der Waals surface area contributed by atoms with Crippen molar-refractivity contribution in [3.05, 3.63) is 144 Å². The number of rotatable bonds is 5. The lowest BCUT2D eigenvalue weighted by Crippen LogP contribution is -2.62.